The molecule has 0 aliphatic heterocycles. The van der Waals surface area contributed by atoms with E-state index in [9.17, 15) is 4.79 Å². The first-order valence-corrected chi connectivity index (χ1v) is 5.90. The third-order valence-corrected chi connectivity index (χ3v) is 2.81. The second-order valence-corrected chi connectivity index (χ2v) is 4.84. The SMILES string of the molecule is CC(C)Cc1c(-c2ccn(C)c(=O)c2)noc1N. The number of nitrogen functional groups attached to an aromatic ring is 1. The van der Waals surface area contributed by atoms with Crippen LogP contribution in [0.25, 0.3) is 11.3 Å². The Balaban J connectivity index is 2.50. The standard InChI is InChI=1S/C13H17N3O2/c1-8(2)6-10-12(15-18-13(10)14)9-4-5-16(3)11(17)7-9/h4-5,7-8H,6,14H2,1-3H3. The van der Waals surface area contributed by atoms with E-state index in [0.29, 0.717) is 17.5 Å². The van der Waals surface area contributed by atoms with E-state index < -0.39 is 0 Å². The molecule has 0 saturated heterocycles. The molecule has 5 nitrogen and oxygen atoms in total. The molecule has 2 rings (SSSR count). The van der Waals surface area contributed by atoms with E-state index >= 15 is 0 Å². The topological polar surface area (TPSA) is 74.0 Å². The van der Waals surface area contributed by atoms with Crippen molar-refractivity contribution in [1.29, 1.82) is 0 Å². The van der Waals surface area contributed by atoms with Crippen LogP contribution in [0, 0.1) is 5.92 Å². The number of pyridine rings is 1. The molecule has 0 saturated carbocycles. The highest BCUT2D eigenvalue weighted by Gasteiger charge is 2.16. The van der Waals surface area contributed by atoms with Crippen LogP contribution in [-0.4, -0.2) is 9.72 Å². The minimum Gasteiger partial charge on any atom is -0.367 e. The van der Waals surface area contributed by atoms with Gasteiger partial charge in [-0.3, -0.25) is 4.79 Å². The second-order valence-electron chi connectivity index (χ2n) is 4.84. The lowest BCUT2D eigenvalue weighted by Crippen LogP contribution is -2.14. The van der Waals surface area contributed by atoms with Gasteiger partial charge in [-0.1, -0.05) is 19.0 Å². The maximum absolute atomic E-state index is 11.6. The number of hydrogen-bond acceptors (Lipinski definition) is 4. The minimum atomic E-state index is -0.0791. The van der Waals surface area contributed by atoms with Gasteiger partial charge >= 0.3 is 0 Å². The molecule has 0 aliphatic rings. The van der Waals surface area contributed by atoms with Gasteiger partial charge in [0.25, 0.3) is 5.56 Å². The Labute approximate surface area is 105 Å². The Morgan fingerprint density at radius 1 is 1.50 bits per heavy atom. The number of aromatic nitrogens is 2. The largest absolute Gasteiger partial charge is 0.367 e. The fourth-order valence-corrected chi connectivity index (χ4v) is 1.85. The van der Waals surface area contributed by atoms with Gasteiger partial charge in [-0.25, -0.2) is 0 Å². The Kier molecular flexibility index (Phi) is 3.23. The van der Waals surface area contributed by atoms with E-state index in [1.54, 1.807) is 19.3 Å². The highest BCUT2D eigenvalue weighted by atomic mass is 16.5. The van der Waals surface area contributed by atoms with Crippen molar-refractivity contribution in [2.45, 2.75) is 20.3 Å². The van der Waals surface area contributed by atoms with Crippen LogP contribution >= 0.6 is 0 Å². The average Bonchev–Trinajstić information content (AvgIpc) is 2.64. The van der Waals surface area contributed by atoms with Crippen molar-refractivity contribution < 1.29 is 4.52 Å². The summed E-state index contributed by atoms with van der Waals surface area (Å²) < 4.78 is 6.55. The lowest BCUT2D eigenvalue weighted by molar-refractivity contribution is 0.438. The van der Waals surface area contributed by atoms with Crippen LogP contribution < -0.4 is 11.3 Å². The van der Waals surface area contributed by atoms with Crippen LogP contribution in [0.1, 0.15) is 19.4 Å². The Hall–Kier alpha value is -2.04. The fraction of sp³-hybridized carbons (Fsp3) is 0.385. The number of nitrogens with zero attached hydrogens (tertiary/aromatic N) is 2. The van der Waals surface area contributed by atoms with Crippen molar-refractivity contribution in [2.75, 3.05) is 5.73 Å². The molecule has 0 aliphatic carbocycles. The zero-order valence-corrected chi connectivity index (χ0v) is 10.8. The summed E-state index contributed by atoms with van der Waals surface area (Å²) in [5, 5.41) is 3.96. The number of hydrogen-bond donors (Lipinski definition) is 1. The Morgan fingerprint density at radius 3 is 2.83 bits per heavy atom. The summed E-state index contributed by atoms with van der Waals surface area (Å²) >= 11 is 0. The predicted octanol–water partition coefficient (Wildman–Crippen LogP) is 1.82. The normalized spacial score (nSPS) is 11.1. The number of rotatable bonds is 3. The zero-order chi connectivity index (χ0) is 13.3. The fourth-order valence-electron chi connectivity index (χ4n) is 1.85. The number of nitrogens with two attached hydrogens (primary N) is 1. The first-order valence-electron chi connectivity index (χ1n) is 5.90. The summed E-state index contributed by atoms with van der Waals surface area (Å²) in [5.74, 6) is 0.774. The number of anilines is 1. The maximum Gasteiger partial charge on any atom is 0.250 e. The molecule has 0 amide bonds. The van der Waals surface area contributed by atoms with Crippen LogP contribution in [0.3, 0.4) is 0 Å². The molecule has 2 N–H and O–H groups in total. The molecule has 96 valence electrons. The molecule has 2 aromatic rings. The van der Waals surface area contributed by atoms with Crippen molar-refractivity contribution in [3.63, 3.8) is 0 Å². The van der Waals surface area contributed by atoms with Crippen LogP contribution in [0.2, 0.25) is 0 Å². The quantitative estimate of drug-likeness (QED) is 0.897. The molecule has 2 aromatic heterocycles. The van der Waals surface area contributed by atoms with Gasteiger partial charge in [-0.05, 0) is 18.4 Å². The summed E-state index contributed by atoms with van der Waals surface area (Å²) in [6, 6.07) is 3.38. The zero-order valence-electron chi connectivity index (χ0n) is 10.8. The number of aryl methyl sites for hydroxylation is 1. The van der Waals surface area contributed by atoms with Crippen molar-refractivity contribution in [1.82, 2.24) is 9.72 Å². The van der Waals surface area contributed by atoms with E-state index in [2.05, 4.69) is 19.0 Å². The first kappa shape index (κ1) is 12.4. The van der Waals surface area contributed by atoms with Gasteiger partial charge in [-0.15, -0.1) is 0 Å². The lowest BCUT2D eigenvalue weighted by Gasteiger charge is -2.05. The lowest BCUT2D eigenvalue weighted by atomic mass is 10.00. The monoisotopic (exact) mass is 247 g/mol. The average molecular weight is 247 g/mol. The molecular weight excluding hydrogens is 230 g/mol. The van der Waals surface area contributed by atoms with Crippen molar-refractivity contribution in [3.05, 3.63) is 34.2 Å². The van der Waals surface area contributed by atoms with Gasteiger partial charge < -0.3 is 14.8 Å². The van der Waals surface area contributed by atoms with Gasteiger partial charge in [0.05, 0.1) is 0 Å². The molecule has 0 fully saturated rings. The summed E-state index contributed by atoms with van der Waals surface area (Å²) in [4.78, 5) is 11.6. The molecule has 0 spiro atoms. The third kappa shape index (κ3) is 2.30. The van der Waals surface area contributed by atoms with E-state index in [4.69, 9.17) is 10.3 Å². The van der Waals surface area contributed by atoms with Crippen molar-refractivity contribution in [3.8, 4) is 11.3 Å². The predicted molar refractivity (Wildman–Crippen MR) is 70.1 cm³/mol. The van der Waals surface area contributed by atoms with Crippen LogP contribution in [0.5, 0.6) is 0 Å². The van der Waals surface area contributed by atoms with Gasteiger partial charge in [0, 0.05) is 30.4 Å². The molecule has 0 atom stereocenters. The van der Waals surface area contributed by atoms with E-state index in [0.717, 1.165) is 17.5 Å². The summed E-state index contributed by atoms with van der Waals surface area (Å²) in [5.41, 5.74) is 7.99. The highest BCUT2D eigenvalue weighted by Crippen LogP contribution is 2.28. The molecule has 5 heteroatoms. The molecule has 18 heavy (non-hydrogen) atoms. The van der Waals surface area contributed by atoms with Crippen LogP contribution in [0.4, 0.5) is 5.88 Å². The van der Waals surface area contributed by atoms with E-state index in [-0.39, 0.29) is 5.56 Å². The van der Waals surface area contributed by atoms with Gasteiger partial charge in [-0.2, -0.15) is 0 Å². The minimum absolute atomic E-state index is 0.0791. The van der Waals surface area contributed by atoms with Crippen molar-refractivity contribution in [2.24, 2.45) is 13.0 Å². The van der Waals surface area contributed by atoms with E-state index in [1.807, 2.05) is 6.07 Å². The van der Waals surface area contributed by atoms with Gasteiger partial charge in [0.15, 0.2) is 0 Å². The van der Waals surface area contributed by atoms with Gasteiger partial charge in [0.2, 0.25) is 5.88 Å². The molecule has 0 radical (unpaired) electrons. The summed E-state index contributed by atoms with van der Waals surface area (Å²) in [6.45, 7) is 4.19. The smallest absolute Gasteiger partial charge is 0.250 e. The maximum atomic E-state index is 11.6. The van der Waals surface area contributed by atoms with Gasteiger partial charge in [0.1, 0.15) is 5.69 Å². The third-order valence-electron chi connectivity index (χ3n) is 2.81. The summed E-state index contributed by atoms with van der Waals surface area (Å²) in [7, 11) is 1.71. The van der Waals surface area contributed by atoms with Crippen LogP contribution in [-0.2, 0) is 13.5 Å². The molecular formula is C13H17N3O2. The highest BCUT2D eigenvalue weighted by molar-refractivity contribution is 5.66. The van der Waals surface area contributed by atoms with Crippen LogP contribution in [0.15, 0.2) is 27.6 Å². The van der Waals surface area contributed by atoms with E-state index in [1.165, 1.54) is 4.57 Å². The molecule has 2 heterocycles. The molecule has 0 aromatic carbocycles. The summed E-state index contributed by atoms with van der Waals surface area (Å²) in [6.07, 6.45) is 2.49. The molecule has 0 unspecified atom stereocenters. The van der Waals surface area contributed by atoms with Crippen molar-refractivity contribution >= 4 is 5.88 Å². The Morgan fingerprint density at radius 2 is 2.22 bits per heavy atom. The first-order chi connectivity index (χ1) is 8.49. The second kappa shape index (κ2) is 4.68. The molecule has 0 bridgehead atoms. The Bertz CT molecular complexity index is 611.